The van der Waals surface area contributed by atoms with Gasteiger partial charge in [-0.05, 0) is 43.3 Å². The summed E-state index contributed by atoms with van der Waals surface area (Å²) in [5.74, 6) is -0.335. The molecule has 0 aliphatic heterocycles. The fourth-order valence-corrected chi connectivity index (χ4v) is 2.45. The lowest BCUT2D eigenvalue weighted by Gasteiger charge is -2.10. The number of ketones is 1. The van der Waals surface area contributed by atoms with Crippen LogP contribution in [0.4, 0.5) is 4.39 Å². The summed E-state index contributed by atoms with van der Waals surface area (Å²) >= 11 is 1.47. The van der Waals surface area contributed by atoms with Crippen LogP contribution in [0.2, 0.25) is 0 Å². The Morgan fingerprint density at radius 2 is 1.78 bits per heavy atom. The van der Waals surface area contributed by atoms with Crippen LogP contribution in [0.3, 0.4) is 0 Å². The number of halogens is 1. The highest BCUT2D eigenvalue weighted by molar-refractivity contribution is 8.00. The maximum absolute atomic E-state index is 12.8. The summed E-state index contributed by atoms with van der Waals surface area (Å²) in [5, 5.41) is -0.210. The van der Waals surface area contributed by atoms with Gasteiger partial charge < -0.3 is 0 Å². The van der Waals surface area contributed by atoms with E-state index in [0.29, 0.717) is 5.56 Å². The third-order valence-electron chi connectivity index (χ3n) is 2.46. The molecule has 1 unspecified atom stereocenters. The van der Waals surface area contributed by atoms with Gasteiger partial charge in [-0.25, -0.2) is 4.39 Å². The van der Waals surface area contributed by atoms with Crippen LogP contribution in [0.15, 0.2) is 53.7 Å². The van der Waals surface area contributed by atoms with Crippen LogP contribution in [0, 0.1) is 5.82 Å². The first-order valence-electron chi connectivity index (χ1n) is 5.53. The molecule has 0 bridgehead atoms. The zero-order valence-electron chi connectivity index (χ0n) is 9.84. The summed E-state index contributed by atoms with van der Waals surface area (Å²) in [6.07, 6.45) is 3.38. The van der Waals surface area contributed by atoms with Gasteiger partial charge in [0, 0.05) is 22.9 Å². The normalized spacial score (nSPS) is 12.1. The van der Waals surface area contributed by atoms with Crippen LogP contribution < -0.4 is 0 Å². The lowest BCUT2D eigenvalue weighted by molar-refractivity contribution is 0.0994. The van der Waals surface area contributed by atoms with E-state index < -0.39 is 0 Å². The van der Waals surface area contributed by atoms with Gasteiger partial charge in [-0.15, -0.1) is 11.8 Å². The number of hydrogen-bond donors (Lipinski definition) is 0. The van der Waals surface area contributed by atoms with Gasteiger partial charge in [-0.3, -0.25) is 9.78 Å². The Morgan fingerprint density at radius 1 is 1.17 bits per heavy atom. The third kappa shape index (κ3) is 3.17. The Kier molecular flexibility index (Phi) is 4.10. The number of rotatable bonds is 4. The van der Waals surface area contributed by atoms with Gasteiger partial charge in [0.05, 0.1) is 5.25 Å². The van der Waals surface area contributed by atoms with Crippen LogP contribution in [-0.2, 0) is 0 Å². The fraction of sp³-hybridized carbons (Fsp3) is 0.143. The van der Waals surface area contributed by atoms with Crippen LogP contribution in [-0.4, -0.2) is 16.0 Å². The molecule has 0 aliphatic rings. The number of thioether (sulfide) groups is 1. The number of hydrogen-bond acceptors (Lipinski definition) is 3. The average Bonchev–Trinajstić information content (AvgIpc) is 2.40. The monoisotopic (exact) mass is 261 g/mol. The van der Waals surface area contributed by atoms with E-state index in [2.05, 4.69) is 4.98 Å². The molecule has 1 aromatic heterocycles. The SMILES string of the molecule is CC(Sc1ccncc1)C(=O)c1ccc(F)cc1. The molecule has 0 spiro atoms. The topological polar surface area (TPSA) is 30.0 Å². The van der Waals surface area contributed by atoms with Crippen molar-refractivity contribution in [2.45, 2.75) is 17.1 Å². The summed E-state index contributed by atoms with van der Waals surface area (Å²) < 4.78 is 12.8. The first-order chi connectivity index (χ1) is 8.66. The molecule has 1 atom stereocenters. The number of pyridine rings is 1. The minimum Gasteiger partial charge on any atom is -0.293 e. The van der Waals surface area contributed by atoms with E-state index in [4.69, 9.17) is 0 Å². The van der Waals surface area contributed by atoms with Crippen molar-refractivity contribution < 1.29 is 9.18 Å². The summed E-state index contributed by atoms with van der Waals surface area (Å²) in [4.78, 5) is 17.0. The molecule has 1 aromatic carbocycles. The Hall–Kier alpha value is -1.68. The molecule has 4 heteroatoms. The summed E-state index contributed by atoms with van der Waals surface area (Å²) in [5.41, 5.74) is 0.533. The van der Waals surface area contributed by atoms with Crippen molar-refractivity contribution >= 4 is 17.5 Å². The van der Waals surface area contributed by atoms with Crippen molar-refractivity contribution in [3.8, 4) is 0 Å². The molecule has 2 aromatic rings. The van der Waals surface area contributed by atoms with E-state index in [9.17, 15) is 9.18 Å². The van der Waals surface area contributed by atoms with Crippen molar-refractivity contribution in [3.63, 3.8) is 0 Å². The highest BCUT2D eigenvalue weighted by Crippen LogP contribution is 2.24. The zero-order valence-corrected chi connectivity index (χ0v) is 10.7. The first kappa shape index (κ1) is 12.8. The smallest absolute Gasteiger partial charge is 0.175 e. The molecule has 0 amide bonds. The van der Waals surface area contributed by atoms with E-state index in [-0.39, 0.29) is 16.9 Å². The molecule has 2 nitrogen and oxygen atoms in total. The maximum atomic E-state index is 12.8. The predicted molar refractivity (Wildman–Crippen MR) is 70.3 cm³/mol. The molecular weight excluding hydrogens is 249 g/mol. The van der Waals surface area contributed by atoms with Crippen molar-refractivity contribution in [2.75, 3.05) is 0 Å². The Labute approximate surface area is 109 Å². The molecule has 0 aliphatic carbocycles. The number of Topliss-reactive ketones (excluding diaryl/α,β-unsaturated/α-hetero) is 1. The highest BCUT2D eigenvalue weighted by atomic mass is 32.2. The Bertz CT molecular complexity index is 527. The number of nitrogens with zero attached hydrogens (tertiary/aromatic N) is 1. The van der Waals surface area contributed by atoms with Gasteiger partial charge in [-0.2, -0.15) is 0 Å². The van der Waals surface area contributed by atoms with Gasteiger partial charge in [0.1, 0.15) is 5.82 Å². The number of aromatic nitrogens is 1. The van der Waals surface area contributed by atoms with E-state index in [1.54, 1.807) is 12.4 Å². The second-order valence-electron chi connectivity index (χ2n) is 3.81. The van der Waals surface area contributed by atoms with Gasteiger partial charge in [0.25, 0.3) is 0 Å². The van der Waals surface area contributed by atoms with Crippen LogP contribution >= 0.6 is 11.8 Å². The van der Waals surface area contributed by atoms with E-state index >= 15 is 0 Å². The van der Waals surface area contributed by atoms with E-state index in [1.165, 1.54) is 36.0 Å². The standard InChI is InChI=1S/C14H12FNOS/c1-10(18-13-6-8-16-9-7-13)14(17)11-2-4-12(15)5-3-11/h2-10H,1H3. The maximum Gasteiger partial charge on any atom is 0.175 e. The lowest BCUT2D eigenvalue weighted by Crippen LogP contribution is -2.13. The summed E-state index contributed by atoms with van der Waals surface area (Å²) in [7, 11) is 0. The van der Waals surface area contributed by atoms with Crippen molar-refractivity contribution in [1.29, 1.82) is 0 Å². The van der Waals surface area contributed by atoms with Crippen molar-refractivity contribution in [2.24, 2.45) is 0 Å². The molecule has 0 radical (unpaired) electrons. The summed E-state index contributed by atoms with van der Waals surface area (Å²) in [6.45, 7) is 1.84. The number of benzene rings is 1. The largest absolute Gasteiger partial charge is 0.293 e. The van der Waals surface area contributed by atoms with Gasteiger partial charge in [0.2, 0.25) is 0 Å². The lowest BCUT2D eigenvalue weighted by atomic mass is 10.1. The minimum absolute atomic E-state index is 0.00295. The number of carbonyl (C=O) groups is 1. The molecule has 0 N–H and O–H groups in total. The van der Waals surface area contributed by atoms with Crippen LogP contribution in [0.1, 0.15) is 17.3 Å². The van der Waals surface area contributed by atoms with E-state index in [0.717, 1.165) is 4.90 Å². The van der Waals surface area contributed by atoms with Gasteiger partial charge in [0.15, 0.2) is 5.78 Å². The Balaban J connectivity index is 2.07. The second kappa shape index (κ2) is 5.78. The molecule has 1 heterocycles. The molecular formula is C14H12FNOS. The molecule has 0 fully saturated rings. The van der Waals surface area contributed by atoms with Gasteiger partial charge in [-0.1, -0.05) is 0 Å². The second-order valence-corrected chi connectivity index (χ2v) is 5.23. The minimum atomic E-state index is -0.332. The summed E-state index contributed by atoms with van der Waals surface area (Å²) in [6, 6.07) is 9.36. The van der Waals surface area contributed by atoms with Crippen molar-refractivity contribution in [3.05, 3.63) is 60.2 Å². The average molecular weight is 261 g/mol. The molecule has 2 rings (SSSR count). The highest BCUT2D eigenvalue weighted by Gasteiger charge is 2.16. The van der Waals surface area contributed by atoms with E-state index in [1.807, 2.05) is 19.1 Å². The first-order valence-corrected chi connectivity index (χ1v) is 6.41. The van der Waals surface area contributed by atoms with Crippen LogP contribution in [0.5, 0.6) is 0 Å². The number of carbonyl (C=O) groups excluding carboxylic acids is 1. The quantitative estimate of drug-likeness (QED) is 0.622. The van der Waals surface area contributed by atoms with Gasteiger partial charge >= 0.3 is 0 Å². The molecule has 18 heavy (non-hydrogen) atoms. The zero-order chi connectivity index (χ0) is 13.0. The fourth-order valence-electron chi connectivity index (χ4n) is 1.52. The predicted octanol–water partition coefficient (Wildman–Crippen LogP) is 3.58. The Morgan fingerprint density at radius 3 is 2.39 bits per heavy atom. The van der Waals surface area contributed by atoms with Crippen LogP contribution in [0.25, 0.3) is 0 Å². The van der Waals surface area contributed by atoms with Crippen molar-refractivity contribution in [1.82, 2.24) is 4.98 Å². The molecule has 0 saturated heterocycles. The molecule has 92 valence electrons. The molecule has 0 saturated carbocycles. The third-order valence-corrected chi connectivity index (χ3v) is 3.57.